The molecule has 0 radical (unpaired) electrons. The van der Waals surface area contributed by atoms with Crippen molar-refractivity contribution in [1.29, 1.82) is 0 Å². The Kier molecular flexibility index (Phi) is 6.29. The second kappa shape index (κ2) is 7.48. The van der Waals surface area contributed by atoms with Gasteiger partial charge in [-0.25, -0.2) is 4.39 Å². The second-order valence-corrected chi connectivity index (χ2v) is 4.94. The molecule has 0 aliphatic carbocycles. The highest BCUT2D eigenvalue weighted by Gasteiger charge is 2.08. The van der Waals surface area contributed by atoms with E-state index in [2.05, 4.69) is 15.9 Å². The molecule has 0 aliphatic heterocycles. The van der Waals surface area contributed by atoms with Crippen LogP contribution in [0, 0.1) is 5.82 Å². The van der Waals surface area contributed by atoms with Gasteiger partial charge in [0.25, 0.3) is 0 Å². The van der Waals surface area contributed by atoms with E-state index in [0.717, 1.165) is 4.47 Å². The average molecular weight is 318 g/mol. The lowest BCUT2D eigenvalue weighted by Crippen LogP contribution is -2.22. The van der Waals surface area contributed by atoms with Gasteiger partial charge >= 0.3 is 5.97 Å². The smallest absolute Gasteiger partial charge is 0.307 e. The molecule has 3 nitrogen and oxygen atoms in total. The minimum atomic E-state index is -0.243. The van der Waals surface area contributed by atoms with Crippen molar-refractivity contribution in [1.82, 2.24) is 4.90 Å². The van der Waals surface area contributed by atoms with E-state index in [-0.39, 0.29) is 11.8 Å². The van der Waals surface area contributed by atoms with Gasteiger partial charge < -0.3 is 9.64 Å². The van der Waals surface area contributed by atoms with Crippen LogP contribution in [-0.4, -0.2) is 31.1 Å². The van der Waals surface area contributed by atoms with Gasteiger partial charge in [-0.05, 0) is 26.1 Å². The van der Waals surface area contributed by atoms with Crippen molar-refractivity contribution in [3.05, 3.63) is 34.1 Å². The molecule has 0 spiro atoms. The van der Waals surface area contributed by atoms with Crippen LogP contribution in [0.25, 0.3) is 0 Å². The van der Waals surface area contributed by atoms with E-state index < -0.39 is 0 Å². The number of carbonyl (C=O) groups is 1. The molecule has 100 valence electrons. The highest BCUT2D eigenvalue weighted by Crippen LogP contribution is 2.16. The maximum atomic E-state index is 13.6. The second-order valence-electron chi connectivity index (χ2n) is 4.03. The summed E-state index contributed by atoms with van der Waals surface area (Å²) in [5.74, 6) is -0.465. The lowest BCUT2D eigenvalue weighted by atomic mass is 10.2. The van der Waals surface area contributed by atoms with Crippen LogP contribution < -0.4 is 0 Å². The van der Waals surface area contributed by atoms with Crippen LogP contribution in [0.4, 0.5) is 4.39 Å². The van der Waals surface area contributed by atoms with E-state index in [0.29, 0.717) is 31.7 Å². The summed E-state index contributed by atoms with van der Waals surface area (Å²) in [4.78, 5) is 13.1. The van der Waals surface area contributed by atoms with Crippen LogP contribution in [-0.2, 0) is 16.1 Å². The molecular weight excluding hydrogens is 301 g/mol. The predicted molar refractivity (Wildman–Crippen MR) is 71.7 cm³/mol. The van der Waals surface area contributed by atoms with Crippen molar-refractivity contribution in [2.45, 2.75) is 19.9 Å². The molecule has 0 aromatic heterocycles. The Morgan fingerprint density at radius 2 is 2.22 bits per heavy atom. The third kappa shape index (κ3) is 5.14. The number of carbonyl (C=O) groups excluding carboxylic acids is 1. The summed E-state index contributed by atoms with van der Waals surface area (Å²) in [5, 5.41) is 0. The maximum absolute atomic E-state index is 13.6. The number of benzene rings is 1. The fourth-order valence-electron chi connectivity index (χ4n) is 1.54. The fourth-order valence-corrected chi connectivity index (χ4v) is 1.87. The zero-order chi connectivity index (χ0) is 13.5. The molecule has 0 bridgehead atoms. The Bertz CT molecular complexity index is 412. The van der Waals surface area contributed by atoms with Gasteiger partial charge in [-0.2, -0.15) is 0 Å². The molecular formula is C13H17BrFNO2. The minimum absolute atomic E-state index is 0.222. The van der Waals surface area contributed by atoms with Crippen LogP contribution in [0.1, 0.15) is 18.9 Å². The molecule has 0 fully saturated rings. The third-order valence-corrected chi connectivity index (χ3v) is 2.95. The maximum Gasteiger partial charge on any atom is 0.307 e. The lowest BCUT2D eigenvalue weighted by molar-refractivity contribution is -0.143. The molecule has 18 heavy (non-hydrogen) atoms. The van der Waals surface area contributed by atoms with Gasteiger partial charge in [0.2, 0.25) is 0 Å². The first kappa shape index (κ1) is 15.1. The van der Waals surface area contributed by atoms with Crippen molar-refractivity contribution < 1.29 is 13.9 Å². The first-order chi connectivity index (χ1) is 8.52. The van der Waals surface area contributed by atoms with Crippen LogP contribution >= 0.6 is 15.9 Å². The lowest BCUT2D eigenvalue weighted by Gasteiger charge is -2.16. The number of nitrogens with zero attached hydrogens (tertiary/aromatic N) is 1. The normalized spacial score (nSPS) is 10.7. The minimum Gasteiger partial charge on any atom is -0.466 e. The monoisotopic (exact) mass is 317 g/mol. The summed E-state index contributed by atoms with van der Waals surface area (Å²) in [7, 11) is 1.85. The van der Waals surface area contributed by atoms with Crippen LogP contribution in [0.3, 0.4) is 0 Å². The zero-order valence-corrected chi connectivity index (χ0v) is 12.2. The third-order valence-electron chi connectivity index (χ3n) is 2.46. The van der Waals surface area contributed by atoms with Gasteiger partial charge in [-0.1, -0.05) is 22.0 Å². The molecule has 1 aromatic carbocycles. The molecule has 0 unspecified atom stereocenters. The summed E-state index contributed by atoms with van der Waals surface area (Å²) < 4.78 is 19.1. The molecule has 0 N–H and O–H groups in total. The molecule has 0 saturated carbocycles. The van der Waals surface area contributed by atoms with Crippen molar-refractivity contribution in [2.75, 3.05) is 20.2 Å². The largest absolute Gasteiger partial charge is 0.466 e. The van der Waals surface area contributed by atoms with Gasteiger partial charge in [0, 0.05) is 23.1 Å². The molecule has 0 atom stereocenters. The van der Waals surface area contributed by atoms with Crippen LogP contribution in [0.2, 0.25) is 0 Å². The van der Waals surface area contributed by atoms with Crippen LogP contribution in [0.5, 0.6) is 0 Å². The molecule has 0 amide bonds. The molecule has 0 saturated heterocycles. The average Bonchev–Trinajstić information content (AvgIpc) is 2.31. The van der Waals surface area contributed by atoms with E-state index in [1.807, 2.05) is 11.9 Å². The van der Waals surface area contributed by atoms with E-state index in [1.54, 1.807) is 19.1 Å². The SMILES string of the molecule is CCOC(=O)CCN(C)Cc1ccc(Br)cc1F. The van der Waals surface area contributed by atoms with Crippen molar-refractivity contribution in [3.63, 3.8) is 0 Å². The van der Waals surface area contributed by atoms with Crippen molar-refractivity contribution in [2.24, 2.45) is 0 Å². The number of esters is 1. The van der Waals surface area contributed by atoms with E-state index in [4.69, 9.17) is 4.74 Å². The Labute approximate surface area is 115 Å². The van der Waals surface area contributed by atoms with Gasteiger partial charge in [0.15, 0.2) is 0 Å². The summed E-state index contributed by atoms with van der Waals surface area (Å²) >= 11 is 3.21. The van der Waals surface area contributed by atoms with E-state index in [1.165, 1.54) is 6.07 Å². The highest BCUT2D eigenvalue weighted by molar-refractivity contribution is 9.10. The fraction of sp³-hybridized carbons (Fsp3) is 0.462. The first-order valence-corrected chi connectivity index (χ1v) is 6.60. The van der Waals surface area contributed by atoms with Crippen molar-refractivity contribution >= 4 is 21.9 Å². The number of halogens is 2. The Morgan fingerprint density at radius 1 is 1.50 bits per heavy atom. The number of hydrogen-bond donors (Lipinski definition) is 0. The first-order valence-electron chi connectivity index (χ1n) is 5.81. The molecule has 1 rings (SSSR count). The number of hydrogen-bond acceptors (Lipinski definition) is 3. The standard InChI is InChI=1S/C13H17BrFNO2/c1-3-18-13(17)6-7-16(2)9-10-4-5-11(14)8-12(10)15/h4-5,8H,3,6-7,9H2,1-2H3. The highest BCUT2D eigenvalue weighted by atomic mass is 79.9. The van der Waals surface area contributed by atoms with E-state index >= 15 is 0 Å². The quantitative estimate of drug-likeness (QED) is 0.755. The Hall–Kier alpha value is -0.940. The van der Waals surface area contributed by atoms with Crippen molar-refractivity contribution in [3.8, 4) is 0 Å². The van der Waals surface area contributed by atoms with Crippen LogP contribution in [0.15, 0.2) is 22.7 Å². The predicted octanol–water partition coefficient (Wildman–Crippen LogP) is 2.97. The Morgan fingerprint density at radius 3 is 2.83 bits per heavy atom. The van der Waals surface area contributed by atoms with Gasteiger partial charge in [-0.15, -0.1) is 0 Å². The number of rotatable bonds is 6. The summed E-state index contributed by atoms with van der Waals surface area (Å²) in [6.07, 6.45) is 0.322. The van der Waals surface area contributed by atoms with E-state index in [9.17, 15) is 9.18 Å². The summed E-state index contributed by atoms with van der Waals surface area (Å²) in [6, 6.07) is 4.98. The molecule has 0 heterocycles. The van der Waals surface area contributed by atoms with Gasteiger partial charge in [0.1, 0.15) is 5.82 Å². The Balaban J connectivity index is 2.44. The molecule has 0 aliphatic rings. The van der Waals surface area contributed by atoms with Gasteiger partial charge in [0.05, 0.1) is 13.0 Å². The molecule has 5 heteroatoms. The molecule has 1 aromatic rings. The topological polar surface area (TPSA) is 29.5 Å². The summed E-state index contributed by atoms with van der Waals surface area (Å²) in [5.41, 5.74) is 0.615. The zero-order valence-electron chi connectivity index (χ0n) is 10.6. The number of ether oxygens (including phenoxy) is 1. The summed E-state index contributed by atoms with van der Waals surface area (Å²) in [6.45, 7) is 3.19. The van der Waals surface area contributed by atoms with Gasteiger partial charge in [-0.3, -0.25) is 4.79 Å².